The lowest BCUT2D eigenvalue weighted by Crippen LogP contribution is -2.42. The van der Waals surface area contributed by atoms with Gasteiger partial charge in [-0.1, -0.05) is 26.0 Å². The minimum Gasteiger partial charge on any atom is -0.497 e. The van der Waals surface area contributed by atoms with Gasteiger partial charge in [0, 0.05) is 19.1 Å². The number of nitrogens with one attached hydrogen (secondary N) is 2. The van der Waals surface area contributed by atoms with E-state index >= 15 is 0 Å². The Morgan fingerprint density at radius 1 is 1.22 bits per heavy atom. The predicted octanol–water partition coefficient (Wildman–Crippen LogP) is 3.92. The summed E-state index contributed by atoms with van der Waals surface area (Å²) in [5, 5.41) is 6.88. The van der Waals surface area contributed by atoms with E-state index in [2.05, 4.69) is 55.4 Å². The molecule has 0 spiro atoms. The SMILES string of the molecule is CCNC(=NCCc1cccc(OC)c1)NC(C)CCCN(CC)CC.I. The lowest BCUT2D eigenvalue weighted by atomic mass is 10.1. The zero-order valence-electron chi connectivity index (χ0n) is 17.8. The molecule has 0 amide bonds. The maximum atomic E-state index is 5.28. The van der Waals surface area contributed by atoms with Gasteiger partial charge in [-0.3, -0.25) is 4.99 Å². The summed E-state index contributed by atoms with van der Waals surface area (Å²) in [5.74, 6) is 1.81. The molecule has 1 aromatic rings. The Morgan fingerprint density at radius 2 is 1.96 bits per heavy atom. The highest BCUT2D eigenvalue weighted by Crippen LogP contribution is 2.12. The highest BCUT2D eigenvalue weighted by molar-refractivity contribution is 14.0. The highest BCUT2D eigenvalue weighted by Gasteiger charge is 2.06. The molecule has 1 unspecified atom stereocenters. The van der Waals surface area contributed by atoms with E-state index in [0.29, 0.717) is 6.04 Å². The van der Waals surface area contributed by atoms with Gasteiger partial charge in [0.2, 0.25) is 0 Å². The first-order valence-electron chi connectivity index (χ1n) is 10.0. The van der Waals surface area contributed by atoms with Crippen LogP contribution in [0.4, 0.5) is 0 Å². The fourth-order valence-corrected chi connectivity index (χ4v) is 2.91. The van der Waals surface area contributed by atoms with Crippen LogP contribution >= 0.6 is 24.0 Å². The van der Waals surface area contributed by atoms with Gasteiger partial charge in [-0.15, -0.1) is 24.0 Å². The first-order valence-corrected chi connectivity index (χ1v) is 10.0. The molecule has 5 nitrogen and oxygen atoms in total. The Morgan fingerprint density at radius 3 is 2.59 bits per heavy atom. The molecule has 1 rings (SSSR count). The zero-order chi connectivity index (χ0) is 19.2. The van der Waals surface area contributed by atoms with Gasteiger partial charge in [0.15, 0.2) is 5.96 Å². The van der Waals surface area contributed by atoms with Crippen LogP contribution in [0.1, 0.15) is 46.1 Å². The van der Waals surface area contributed by atoms with Crippen molar-refractivity contribution in [1.82, 2.24) is 15.5 Å². The van der Waals surface area contributed by atoms with Crippen molar-refractivity contribution in [2.45, 2.75) is 53.0 Å². The lowest BCUT2D eigenvalue weighted by Gasteiger charge is -2.21. The number of guanidine groups is 1. The number of ether oxygens (including phenoxy) is 1. The van der Waals surface area contributed by atoms with Crippen molar-refractivity contribution in [1.29, 1.82) is 0 Å². The minimum atomic E-state index is 0. The van der Waals surface area contributed by atoms with Crippen molar-refractivity contribution >= 4 is 29.9 Å². The van der Waals surface area contributed by atoms with E-state index in [1.807, 2.05) is 12.1 Å². The first-order chi connectivity index (χ1) is 12.6. The first kappa shape index (κ1) is 26.0. The second kappa shape index (κ2) is 16.0. The molecule has 0 saturated carbocycles. The normalized spacial score (nSPS) is 12.4. The third-order valence-corrected chi connectivity index (χ3v) is 4.54. The standard InChI is InChI=1S/C21H38N4O.HI/c1-6-22-21(24-18(4)11-10-16-25(7-2)8-3)23-15-14-19-12-9-13-20(17-19)26-5;/h9,12-13,17-18H,6-8,10-11,14-16H2,1-5H3,(H2,22,23,24);1H. The number of hydrogen-bond acceptors (Lipinski definition) is 3. The monoisotopic (exact) mass is 490 g/mol. The van der Waals surface area contributed by atoms with Crippen molar-refractivity contribution in [2.75, 3.05) is 39.8 Å². The van der Waals surface area contributed by atoms with Crippen LogP contribution in [0, 0.1) is 0 Å². The number of halogens is 1. The second-order valence-electron chi connectivity index (χ2n) is 6.58. The maximum absolute atomic E-state index is 5.28. The topological polar surface area (TPSA) is 48.9 Å². The molecule has 0 saturated heterocycles. The summed E-state index contributed by atoms with van der Waals surface area (Å²) in [6.45, 7) is 13.8. The van der Waals surface area contributed by atoms with Crippen LogP contribution < -0.4 is 15.4 Å². The summed E-state index contributed by atoms with van der Waals surface area (Å²) in [6, 6.07) is 8.61. The molecule has 27 heavy (non-hydrogen) atoms. The van der Waals surface area contributed by atoms with Crippen molar-refractivity contribution < 1.29 is 4.74 Å². The molecule has 0 bridgehead atoms. The van der Waals surface area contributed by atoms with Crippen molar-refractivity contribution in [3.63, 3.8) is 0 Å². The number of nitrogens with zero attached hydrogens (tertiary/aromatic N) is 2. The van der Waals surface area contributed by atoms with Crippen molar-refractivity contribution in [2.24, 2.45) is 4.99 Å². The molecular formula is C21H39IN4O. The molecule has 1 aromatic carbocycles. The third-order valence-electron chi connectivity index (χ3n) is 4.54. The summed E-state index contributed by atoms with van der Waals surface area (Å²) in [7, 11) is 1.70. The Hall–Kier alpha value is -1.02. The van der Waals surface area contributed by atoms with E-state index in [9.17, 15) is 0 Å². The van der Waals surface area contributed by atoms with Gasteiger partial charge in [-0.25, -0.2) is 0 Å². The lowest BCUT2D eigenvalue weighted by molar-refractivity contribution is 0.292. The third kappa shape index (κ3) is 11.4. The highest BCUT2D eigenvalue weighted by atomic mass is 127. The zero-order valence-corrected chi connectivity index (χ0v) is 20.1. The van der Waals surface area contributed by atoms with Gasteiger partial charge in [0.1, 0.15) is 5.75 Å². The summed E-state index contributed by atoms with van der Waals surface area (Å²) >= 11 is 0. The van der Waals surface area contributed by atoms with Crippen LogP contribution in [0.3, 0.4) is 0 Å². The molecular weight excluding hydrogens is 451 g/mol. The van der Waals surface area contributed by atoms with E-state index in [0.717, 1.165) is 50.7 Å². The second-order valence-corrected chi connectivity index (χ2v) is 6.58. The number of methoxy groups -OCH3 is 1. The largest absolute Gasteiger partial charge is 0.497 e. The molecule has 2 N–H and O–H groups in total. The van der Waals surface area contributed by atoms with Crippen LogP contribution in [0.25, 0.3) is 0 Å². The Labute approximate surface area is 183 Å². The average Bonchev–Trinajstić information content (AvgIpc) is 2.65. The predicted molar refractivity (Wildman–Crippen MR) is 128 cm³/mol. The number of benzene rings is 1. The molecule has 0 heterocycles. The maximum Gasteiger partial charge on any atom is 0.191 e. The van der Waals surface area contributed by atoms with Gasteiger partial charge in [0.25, 0.3) is 0 Å². The minimum absolute atomic E-state index is 0. The van der Waals surface area contributed by atoms with Crippen LogP contribution in [-0.2, 0) is 6.42 Å². The fourth-order valence-electron chi connectivity index (χ4n) is 2.91. The quantitative estimate of drug-likeness (QED) is 0.265. The molecule has 0 aliphatic rings. The molecule has 0 aromatic heterocycles. The van der Waals surface area contributed by atoms with E-state index in [-0.39, 0.29) is 24.0 Å². The Kier molecular flexibility index (Phi) is 15.4. The molecule has 1 atom stereocenters. The van der Waals surface area contributed by atoms with Crippen molar-refractivity contribution in [3.05, 3.63) is 29.8 Å². The van der Waals surface area contributed by atoms with Gasteiger partial charge in [-0.2, -0.15) is 0 Å². The Bertz CT molecular complexity index is 521. The van der Waals surface area contributed by atoms with Gasteiger partial charge in [0.05, 0.1) is 7.11 Å². The summed E-state index contributed by atoms with van der Waals surface area (Å²) in [5.41, 5.74) is 1.25. The van der Waals surface area contributed by atoms with E-state index in [4.69, 9.17) is 9.73 Å². The molecule has 6 heteroatoms. The smallest absolute Gasteiger partial charge is 0.191 e. The van der Waals surface area contributed by atoms with Gasteiger partial charge >= 0.3 is 0 Å². The molecule has 156 valence electrons. The molecule has 0 radical (unpaired) electrons. The van der Waals surface area contributed by atoms with Crippen molar-refractivity contribution in [3.8, 4) is 5.75 Å². The van der Waals surface area contributed by atoms with E-state index in [1.165, 1.54) is 18.5 Å². The van der Waals surface area contributed by atoms with Crippen LogP contribution in [0.2, 0.25) is 0 Å². The summed E-state index contributed by atoms with van der Waals surface area (Å²) in [4.78, 5) is 7.20. The van der Waals surface area contributed by atoms with Gasteiger partial charge in [-0.05, 0) is 70.4 Å². The molecule has 0 aliphatic heterocycles. The van der Waals surface area contributed by atoms with Gasteiger partial charge < -0.3 is 20.3 Å². The molecule has 0 aliphatic carbocycles. The summed E-state index contributed by atoms with van der Waals surface area (Å²) in [6.07, 6.45) is 3.26. The number of aliphatic imine (C=N–C) groups is 1. The summed E-state index contributed by atoms with van der Waals surface area (Å²) < 4.78 is 5.28. The molecule has 0 fully saturated rings. The van der Waals surface area contributed by atoms with Crippen LogP contribution in [-0.4, -0.2) is 56.7 Å². The fraction of sp³-hybridized carbons (Fsp3) is 0.667. The average molecular weight is 490 g/mol. The van der Waals surface area contributed by atoms with Crippen LogP contribution in [0.5, 0.6) is 5.75 Å². The Balaban J connectivity index is 0.00000676. The van der Waals surface area contributed by atoms with E-state index < -0.39 is 0 Å². The number of hydrogen-bond donors (Lipinski definition) is 2. The van der Waals surface area contributed by atoms with E-state index in [1.54, 1.807) is 7.11 Å². The number of rotatable bonds is 12. The van der Waals surface area contributed by atoms with Crippen LogP contribution in [0.15, 0.2) is 29.3 Å².